The third-order valence-corrected chi connectivity index (χ3v) is 6.13. The van der Waals surface area contributed by atoms with E-state index in [2.05, 4.69) is 4.90 Å². The van der Waals surface area contributed by atoms with E-state index in [4.69, 9.17) is 0 Å². The molecule has 5 nitrogen and oxygen atoms in total. The second-order valence-electron chi connectivity index (χ2n) is 8.35. The van der Waals surface area contributed by atoms with Crippen molar-refractivity contribution in [3.8, 4) is 0 Å². The first kappa shape index (κ1) is 19.8. The van der Waals surface area contributed by atoms with Crippen molar-refractivity contribution in [2.24, 2.45) is 0 Å². The van der Waals surface area contributed by atoms with Gasteiger partial charge in [0.15, 0.2) is 11.4 Å². The number of carbonyl (C=O) groups is 2. The van der Waals surface area contributed by atoms with Gasteiger partial charge in [-0.05, 0) is 51.4 Å². The average molecular weight is 392 g/mol. The van der Waals surface area contributed by atoms with E-state index < -0.39 is 11.5 Å². The van der Waals surface area contributed by atoms with E-state index in [-0.39, 0.29) is 12.2 Å². The quantitative estimate of drug-likeness (QED) is 0.791. The molecule has 0 aromatic heterocycles. The summed E-state index contributed by atoms with van der Waals surface area (Å²) in [6.45, 7) is 6.22. The summed E-state index contributed by atoms with van der Waals surface area (Å²) < 4.78 is 0. The number of para-hydroxylation sites is 1. The molecule has 2 aromatic rings. The number of benzene rings is 2. The third kappa shape index (κ3) is 3.61. The van der Waals surface area contributed by atoms with E-state index in [9.17, 15) is 14.7 Å². The van der Waals surface area contributed by atoms with Crippen LogP contribution in [0.4, 0.5) is 5.69 Å². The van der Waals surface area contributed by atoms with Crippen LogP contribution in [0.15, 0.2) is 42.5 Å². The predicted molar refractivity (Wildman–Crippen MR) is 113 cm³/mol. The number of Topliss-reactive ketones (excluding diaryl/α,β-unsaturated/α-hetero) is 1. The largest absolute Gasteiger partial charge is 0.375 e. The van der Waals surface area contributed by atoms with Crippen LogP contribution in [0.2, 0.25) is 0 Å². The molecule has 0 bridgehead atoms. The molecule has 1 fully saturated rings. The van der Waals surface area contributed by atoms with Gasteiger partial charge >= 0.3 is 0 Å². The molecule has 2 aliphatic rings. The minimum absolute atomic E-state index is 0.215. The maximum absolute atomic E-state index is 13.4. The highest BCUT2D eigenvalue weighted by Gasteiger charge is 2.51. The molecule has 5 heteroatoms. The molecule has 0 aliphatic carbocycles. The smallest absolute Gasteiger partial charge is 0.265 e. The number of rotatable bonds is 5. The lowest BCUT2D eigenvalue weighted by Crippen LogP contribution is -2.47. The summed E-state index contributed by atoms with van der Waals surface area (Å²) in [4.78, 5) is 30.3. The van der Waals surface area contributed by atoms with Gasteiger partial charge in [-0.2, -0.15) is 0 Å². The van der Waals surface area contributed by atoms with E-state index in [1.54, 1.807) is 17.0 Å². The first-order valence-corrected chi connectivity index (χ1v) is 10.4. The summed E-state index contributed by atoms with van der Waals surface area (Å²) >= 11 is 0. The number of aryl methyl sites for hydroxylation is 2. The maximum atomic E-state index is 13.4. The highest BCUT2D eigenvalue weighted by molar-refractivity contribution is 6.11. The highest BCUT2D eigenvalue weighted by atomic mass is 16.3. The summed E-state index contributed by atoms with van der Waals surface area (Å²) in [7, 11) is 0. The summed E-state index contributed by atoms with van der Waals surface area (Å²) in [5.41, 5.74) is 1.92. The van der Waals surface area contributed by atoms with Crippen molar-refractivity contribution < 1.29 is 14.7 Å². The summed E-state index contributed by atoms with van der Waals surface area (Å²) in [6, 6.07) is 12.9. The van der Waals surface area contributed by atoms with E-state index in [1.807, 2.05) is 44.2 Å². The van der Waals surface area contributed by atoms with E-state index in [0.717, 1.165) is 37.1 Å². The number of hydrogen-bond donors (Lipinski definition) is 1. The fourth-order valence-electron chi connectivity index (χ4n) is 4.57. The lowest BCUT2D eigenvalue weighted by atomic mass is 9.87. The van der Waals surface area contributed by atoms with Gasteiger partial charge in [0.1, 0.15) is 0 Å². The topological polar surface area (TPSA) is 60.9 Å². The number of hydrogen-bond acceptors (Lipinski definition) is 4. The number of aliphatic hydroxyl groups is 1. The highest BCUT2D eigenvalue weighted by Crippen LogP contribution is 2.43. The Morgan fingerprint density at radius 3 is 2.52 bits per heavy atom. The van der Waals surface area contributed by atoms with Crippen LogP contribution in [0.5, 0.6) is 0 Å². The molecule has 1 atom stereocenters. The Balaban J connectivity index is 1.63. The molecule has 2 heterocycles. The molecule has 4 rings (SSSR count). The minimum Gasteiger partial charge on any atom is -0.375 e. The van der Waals surface area contributed by atoms with Crippen LogP contribution in [0.3, 0.4) is 0 Å². The Kier molecular flexibility index (Phi) is 5.28. The Hall–Kier alpha value is -2.50. The van der Waals surface area contributed by atoms with Crippen LogP contribution < -0.4 is 4.90 Å². The summed E-state index contributed by atoms with van der Waals surface area (Å²) in [5, 5.41) is 11.5. The standard InChI is InChI=1S/C24H28N2O3/c1-17-10-11-19(18(2)14-17)22(27)15-24(29)20-8-4-5-9-21(20)26(23(24)28)16-25-12-6-3-7-13-25/h4-5,8-11,14,29H,3,6-7,12-13,15-16H2,1-2H3/t24-/m0/s1. The van der Waals surface area contributed by atoms with Crippen molar-refractivity contribution in [2.45, 2.75) is 45.1 Å². The maximum Gasteiger partial charge on any atom is 0.265 e. The van der Waals surface area contributed by atoms with Crippen molar-refractivity contribution in [3.63, 3.8) is 0 Å². The van der Waals surface area contributed by atoms with Gasteiger partial charge in [-0.15, -0.1) is 0 Å². The molecule has 0 saturated carbocycles. The van der Waals surface area contributed by atoms with Crippen LogP contribution in [-0.4, -0.2) is 41.5 Å². The zero-order valence-corrected chi connectivity index (χ0v) is 17.1. The molecule has 1 amide bonds. The van der Waals surface area contributed by atoms with Gasteiger partial charge < -0.3 is 5.11 Å². The van der Waals surface area contributed by atoms with Gasteiger partial charge in [-0.3, -0.25) is 19.4 Å². The van der Waals surface area contributed by atoms with Crippen molar-refractivity contribution in [1.82, 2.24) is 4.90 Å². The number of fused-ring (bicyclic) bond motifs is 1. The zero-order chi connectivity index (χ0) is 20.6. The zero-order valence-electron chi connectivity index (χ0n) is 17.1. The van der Waals surface area contributed by atoms with Gasteiger partial charge in [-0.25, -0.2) is 0 Å². The number of carbonyl (C=O) groups excluding carboxylic acids is 2. The van der Waals surface area contributed by atoms with Gasteiger partial charge in [0, 0.05) is 11.1 Å². The fourth-order valence-corrected chi connectivity index (χ4v) is 4.57. The van der Waals surface area contributed by atoms with Crippen LogP contribution >= 0.6 is 0 Å². The first-order chi connectivity index (χ1) is 13.9. The Morgan fingerprint density at radius 1 is 1.07 bits per heavy atom. The summed E-state index contributed by atoms with van der Waals surface area (Å²) in [5.74, 6) is -0.615. The number of anilines is 1. The Bertz CT molecular complexity index is 949. The number of amides is 1. The molecule has 2 aromatic carbocycles. The van der Waals surface area contributed by atoms with Gasteiger partial charge in [-0.1, -0.05) is 48.4 Å². The van der Waals surface area contributed by atoms with E-state index >= 15 is 0 Å². The van der Waals surface area contributed by atoms with E-state index in [0.29, 0.717) is 23.5 Å². The SMILES string of the molecule is Cc1ccc(C(=O)C[C@@]2(O)C(=O)N(CN3CCCCC3)c3ccccc32)c(C)c1. The van der Waals surface area contributed by atoms with Crippen LogP contribution in [-0.2, 0) is 10.4 Å². The van der Waals surface area contributed by atoms with Gasteiger partial charge in [0.25, 0.3) is 5.91 Å². The van der Waals surface area contributed by atoms with Crippen molar-refractivity contribution in [1.29, 1.82) is 0 Å². The van der Waals surface area contributed by atoms with Crippen LogP contribution in [0.25, 0.3) is 0 Å². The number of nitrogens with zero attached hydrogens (tertiary/aromatic N) is 2. The molecule has 0 radical (unpaired) electrons. The molecule has 29 heavy (non-hydrogen) atoms. The average Bonchev–Trinajstić information content (AvgIpc) is 2.91. The van der Waals surface area contributed by atoms with Crippen molar-refractivity contribution >= 4 is 17.4 Å². The molecular weight excluding hydrogens is 364 g/mol. The molecule has 2 aliphatic heterocycles. The molecule has 1 saturated heterocycles. The predicted octanol–water partition coefficient (Wildman–Crippen LogP) is 3.55. The minimum atomic E-state index is -1.82. The van der Waals surface area contributed by atoms with Crippen LogP contribution in [0, 0.1) is 13.8 Å². The monoisotopic (exact) mass is 392 g/mol. The second-order valence-corrected chi connectivity index (χ2v) is 8.35. The normalized spacial score (nSPS) is 22.0. The number of piperidine rings is 1. The lowest BCUT2D eigenvalue weighted by Gasteiger charge is -2.31. The number of ketones is 1. The van der Waals surface area contributed by atoms with Gasteiger partial charge in [0.2, 0.25) is 0 Å². The Labute approximate surface area is 171 Å². The van der Waals surface area contributed by atoms with Gasteiger partial charge in [0.05, 0.1) is 18.8 Å². The lowest BCUT2D eigenvalue weighted by molar-refractivity contribution is -0.136. The molecular formula is C24H28N2O3. The third-order valence-electron chi connectivity index (χ3n) is 6.13. The Morgan fingerprint density at radius 2 is 1.79 bits per heavy atom. The molecule has 0 unspecified atom stereocenters. The molecule has 0 spiro atoms. The fraction of sp³-hybridized carbons (Fsp3) is 0.417. The molecule has 152 valence electrons. The van der Waals surface area contributed by atoms with Crippen molar-refractivity contribution in [3.05, 3.63) is 64.7 Å². The van der Waals surface area contributed by atoms with Crippen molar-refractivity contribution in [2.75, 3.05) is 24.7 Å². The van der Waals surface area contributed by atoms with Crippen LogP contribution in [0.1, 0.15) is 52.7 Å². The van der Waals surface area contributed by atoms with E-state index in [1.165, 1.54) is 6.42 Å². The first-order valence-electron chi connectivity index (χ1n) is 10.4. The summed E-state index contributed by atoms with van der Waals surface area (Å²) in [6.07, 6.45) is 3.22. The number of likely N-dealkylation sites (tertiary alicyclic amines) is 1. The molecule has 1 N–H and O–H groups in total. The second kappa shape index (κ2) is 7.73.